The zero-order valence-corrected chi connectivity index (χ0v) is 12.4. The van der Waals surface area contributed by atoms with E-state index in [4.69, 9.17) is 5.73 Å². The first-order valence-electron chi connectivity index (χ1n) is 8.17. The molecule has 3 nitrogen and oxygen atoms in total. The molecule has 3 N–H and O–H groups in total. The molecule has 4 unspecified atom stereocenters. The molecule has 2 aliphatic rings. The minimum Gasteiger partial charge on any atom is -0.356 e. The fourth-order valence-electron chi connectivity index (χ4n) is 3.79. The van der Waals surface area contributed by atoms with Crippen LogP contribution in [0.15, 0.2) is 0 Å². The van der Waals surface area contributed by atoms with Gasteiger partial charge in [-0.15, -0.1) is 0 Å². The molecule has 2 rings (SSSR count). The van der Waals surface area contributed by atoms with Crippen molar-refractivity contribution in [3.05, 3.63) is 0 Å². The van der Waals surface area contributed by atoms with Gasteiger partial charge in [-0.25, -0.2) is 0 Å². The second-order valence-electron chi connectivity index (χ2n) is 6.82. The molecule has 0 heterocycles. The Bertz CT molecular complexity index is 292. The Balaban J connectivity index is 1.66. The van der Waals surface area contributed by atoms with Crippen LogP contribution < -0.4 is 11.1 Å². The lowest BCUT2D eigenvalue weighted by Crippen LogP contribution is -2.36. The van der Waals surface area contributed by atoms with E-state index in [9.17, 15) is 4.79 Å². The third kappa shape index (κ3) is 4.79. The lowest BCUT2D eigenvalue weighted by molar-refractivity contribution is -0.122. The van der Waals surface area contributed by atoms with E-state index >= 15 is 0 Å². The van der Waals surface area contributed by atoms with Crippen molar-refractivity contribution >= 4 is 5.91 Å². The molecule has 0 aliphatic heterocycles. The van der Waals surface area contributed by atoms with Gasteiger partial charge in [-0.1, -0.05) is 32.6 Å². The maximum atomic E-state index is 12.0. The topological polar surface area (TPSA) is 55.1 Å². The Morgan fingerprint density at radius 3 is 2.68 bits per heavy atom. The Kier molecular flexibility index (Phi) is 5.68. The van der Waals surface area contributed by atoms with Crippen molar-refractivity contribution in [3.63, 3.8) is 0 Å². The first kappa shape index (κ1) is 14.8. The van der Waals surface area contributed by atoms with E-state index in [-0.39, 0.29) is 5.91 Å². The number of rotatable bonds is 4. The molecule has 0 aromatic rings. The summed E-state index contributed by atoms with van der Waals surface area (Å²) < 4.78 is 0. The van der Waals surface area contributed by atoms with Crippen molar-refractivity contribution in [2.24, 2.45) is 23.5 Å². The van der Waals surface area contributed by atoms with E-state index in [1.807, 2.05) is 0 Å². The second kappa shape index (κ2) is 7.28. The minimum absolute atomic E-state index is 0.247. The highest BCUT2D eigenvalue weighted by atomic mass is 16.1. The first-order chi connectivity index (χ1) is 9.15. The Morgan fingerprint density at radius 2 is 1.95 bits per heavy atom. The summed E-state index contributed by atoms with van der Waals surface area (Å²) in [7, 11) is 0. The van der Waals surface area contributed by atoms with Gasteiger partial charge in [0.25, 0.3) is 0 Å². The summed E-state index contributed by atoms with van der Waals surface area (Å²) in [5, 5.41) is 3.17. The zero-order valence-electron chi connectivity index (χ0n) is 12.4. The standard InChI is InChI=1S/C16H30N2O/c1-12-5-2-3-7-14(12)11-18-16(19)10-13-6-4-8-15(17)9-13/h12-15H,2-11,17H2,1H3,(H,18,19). The number of carbonyl (C=O) groups is 1. The lowest BCUT2D eigenvalue weighted by Gasteiger charge is -2.29. The van der Waals surface area contributed by atoms with Crippen LogP contribution in [0.25, 0.3) is 0 Å². The van der Waals surface area contributed by atoms with Gasteiger partial charge in [-0.05, 0) is 43.4 Å². The molecule has 0 radical (unpaired) electrons. The molecule has 1 amide bonds. The molecule has 0 aromatic heterocycles. The van der Waals surface area contributed by atoms with Crippen LogP contribution in [-0.2, 0) is 4.79 Å². The van der Waals surface area contributed by atoms with Crippen LogP contribution in [-0.4, -0.2) is 18.5 Å². The summed E-state index contributed by atoms with van der Waals surface area (Å²) in [5.74, 6) is 2.24. The molecule has 0 saturated heterocycles. The molecule has 2 saturated carbocycles. The van der Waals surface area contributed by atoms with Gasteiger partial charge in [0.15, 0.2) is 0 Å². The predicted octanol–water partition coefficient (Wildman–Crippen LogP) is 2.84. The van der Waals surface area contributed by atoms with Crippen LogP contribution in [0.4, 0.5) is 0 Å². The van der Waals surface area contributed by atoms with E-state index in [1.165, 1.54) is 38.5 Å². The number of carbonyl (C=O) groups excluding carboxylic acids is 1. The van der Waals surface area contributed by atoms with E-state index in [1.54, 1.807) is 0 Å². The smallest absolute Gasteiger partial charge is 0.220 e. The van der Waals surface area contributed by atoms with Crippen molar-refractivity contribution < 1.29 is 4.79 Å². The second-order valence-corrected chi connectivity index (χ2v) is 6.82. The largest absolute Gasteiger partial charge is 0.356 e. The van der Waals surface area contributed by atoms with Gasteiger partial charge in [0.05, 0.1) is 0 Å². The Morgan fingerprint density at radius 1 is 1.16 bits per heavy atom. The van der Waals surface area contributed by atoms with Crippen LogP contribution in [0, 0.1) is 17.8 Å². The van der Waals surface area contributed by atoms with Gasteiger partial charge >= 0.3 is 0 Å². The van der Waals surface area contributed by atoms with Gasteiger partial charge in [0.2, 0.25) is 5.91 Å². The predicted molar refractivity (Wildman–Crippen MR) is 78.7 cm³/mol. The maximum Gasteiger partial charge on any atom is 0.220 e. The highest BCUT2D eigenvalue weighted by molar-refractivity contribution is 5.76. The molecular weight excluding hydrogens is 236 g/mol. The molecular formula is C16H30N2O. The number of hydrogen-bond acceptors (Lipinski definition) is 2. The highest BCUT2D eigenvalue weighted by Crippen LogP contribution is 2.29. The van der Waals surface area contributed by atoms with Crippen LogP contribution in [0.5, 0.6) is 0 Å². The van der Waals surface area contributed by atoms with Crippen LogP contribution >= 0.6 is 0 Å². The summed E-state index contributed by atoms with van der Waals surface area (Å²) in [5.41, 5.74) is 5.98. The molecule has 2 fully saturated rings. The molecule has 4 atom stereocenters. The summed E-state index contributed by atoms with van der Waals surface area (Å²) in [6.07, 6.45) is 10.6. The first-order valence-corrected chi connectivity index (χ1v) is 8.17. The number of nitrogens with two attached hydrogens (primary N) is 1. The Hall–Kier alpha value is -0.570. The normalized spacial score (nSPS) is 35.9. The summed E-state index contributed by atoms with van der Waals surface area (Å²) in [6.45, 7) is 3.22. The summed E-state index contributed by atoms with van der Waals surface area (Å²) in [6, 6.07) is 0.324. The minimum atomic E-state index is 0.247. The van der Waals surface area contributed by atoms with Crippen molar-refractivity contribution in [1.29, 1.82) is 0 Å². The van der Waals surface area contributed by atoms with Gasteiger partial charge in [-0.2, -0.15) is 0 Å². The highest BCUT2D eigenvalue weighted by Gasteiger charge is 2.24. The lowest BCUT2D eigenvalue weighted by atomic mass is 9.80. The Labute approximate surface area is 117 Å². The van der Waals surface area contributed by atoms with Gasteiger partial charge < -0.3 is 11.1 Å². The maximum absolute atomic E-state index is 12.0. The number of amides is 1. The molecule has 19 heavy (non-hydrogen) atoms. The third-order valence-corrected chi connectivity index (χ3v) is 5.15. The zero-order chi connectivity index (χ0) is 13.7. The van der Waals surface area contributed by atoms with Crippen molar-refractivity contribution in [1.82, 2.24) is 5.32 Å². The van der Waals surface area contributed by atoms with E-state index < -0.39 is 0 Å². The average molecular weight is 266 g/mol. The van der Waals surface area contributed by atoms with Crippen molar-refractivity contribution in [2.75, 3.05) is 6.54 Å². The third-order valence-electron chi connectivity index (χ3n) is 5.15. The van der Waals surface area contributed by atoms with Crippen molar-refractivity contribution in [3.8, 4) is 0 Å². The quantitative estimate of drug-likeness (QED) is 0.822. The van der Waals surface area contributed by atoms with E-state index in [2.05, 4.69) is 12.2 Å². The van der Waals surface area contributed by atoms with Gasteiger partial charge in [-0.3, -0.25) is 4.79 Å². The molecule has 0 aromatic carbocycles. The monoisotopic (exact) mass is 266 g/mol. The summed E-state index contributed by atoms with van der Waals surface area (Å²) in [4.78, 5) is 12.0. The molecule has 0 bridgehead atoms. The van der Waals surface area contributed by atoms with E-state index in [0.29, 0.717) is 24.3 Å². The van der Waals surface area contributed by atoms with Crippen molar-refractivity contribution in [2.45, 2.75) is 70.8 Å². The van der Waals surface area contributed by atoms with Crippen LogP contribution in [0.1, 0.15) is 64.7 Å². The average Bonchev–Trinajstić information content (AvgIpc) is 2.38. The number of hydrogen-bond donors (Lipinski definition) is 2. The van der Waals surface area contributed by atoms with Gasteiger partial charge in [0.1, 0.15) is 0 Å². The summed E-state index contributed by atoms with van der Waals surface area (Å²) >= 11 is 0. The van der Waals surface area contributed by atoms with Gasteiger partial charge in [0, 0.05) is 19.0 Å². The molecule has 0 spiro atoms. The van der Waals surface area contributed by atoms with Crippen LogP contribution in [0.2, 0.25) is 0 Å². The van der Waals surface area contributed by atoms with Crippen LogP contribution in [0.3, 0.4) is 0 Å². The molecule has 2 aliphatic carbocycles. The molecule has 3 heteroatoms. The molecule has 110 valence electrons. The fourth-order valence-corrected chi connectivity index (χ4v) is 3.79. The van der Waals surface area contributed by atoms with E-state index in [0.717, 1.165) is 25.3 Å². The number of nitrogens with one attached hydrogen (secondary N) is 1. The fraction of sp³-hybridized carbons (Fsp3) is 0.938. The SMILES string of the molecule is CC1CCCCC1CNC(=O)CC1CCCC(N)C1.